The van der Waals surface area contributed by atoms with E-state index in [-0.39, 0.29) is 6.09 Å². The maximum Gasteiger partial charge on any atom is 0.414 e. The first-order valence-corrected chi connectivity index (χ1v) is 6.23. The van der Waals surface area contributed by atoms with E-state index >= 15 is 0 Å². The first kappa shape index (κ1) is 13.4. The van der Waals surface area contributed by atoms with Gasteiger partial charge in [0.1, 0.15) is 5.75 Å². The van der Waals surface area contributed by atoms with Crippen molar-refractivity contribution in [2.75, 3.05) is 20.1 Å². The second-order valence-corrected chi connectivity index (χ2v) is 4.26. The summed E-state index contributed by atoms with van der Waals surface area (Å²) in [4.78, 5) is 17.4. The average Bonchev–Trinajstić information content (AvgIpc) is 2.81. The Morgan fingerprint density at radius 2 is 2.32 bits per heavy atom. The van der Waals surface area contributed by atoms with Crippen LogP contribution < -0.4 is 10.5 Å². The average molecular weight is 262 g/mol. The molecule has 2 N–H and O–H groups in total. The molecule has 0 saturated carbocycles. The van der Waals surface area contributed by atoms with E-state index in [9.17, 15) is 4.79 Å². The molecule has 0 aliphatic heterocycles. The van der Waals surface area contributed by atoms with Crippen LogP contribution in [-0.2, 0) is 6.54 Å². The minimum atomic E-state index is -0.372. The number of ether oxygens (including phenoxy) is 1. The number of imidazole rings is 1. The van der Waals surface area contributed by atoms with Crippen LogP contribution in [-0.4, -0.2) is 40.7 Å². The number of carbonyl (C=O) groups is 1. The van der Waals surface area contributed by atoms with Crippen molar-refractivity contribution in [1.82, 2.24) is 14.5 Å². The lowest BCUT2D eigenvalue weighted by molar-refractivity contribution is 0.165. The van der Waals surface area contributed by atoms with Crippen LogP contribution in [0.5, 0.6) is 5.75 Å². The highest BCUT2D eigenvalue weighted by molar-refractivity contribution is 5.78. The minimum absolute atomic E-state index is 0.372. The molecule has 102 valence electrons. The fourth-order valence-corrected chi connectivity index (χ4v) is 1.73. The molecule has 0 atom stereocenters. The van der Waals surface area contributed by atoms with Gasteiger partial charge in [-0.3, -0.25) is 0 Å². The summed E-state index contributed by atoms with van der Waals surface area (Å²) in [5.41, 5.74) is 7.30. The Balaban J connectivity index is 2.20. The number of hydrogen-bond donors (Lipinski definition) is 1. The molecule has 1 aromatic carbocycles. The zero-order chi connectivity index (χ0) is 13.8. The van der Waals surface area contributed by atoms with Crippen molar-refractivity contribution in [3.63, 3.8) is 0 Å². The van der Waals surface area contributed by atoms with Crippen LogP contribution in [0.1, 0.15) is 6.92 Å². The number of nitrogens with zero attached hydrogens (tertiary/aromatic N) is 3. The van der Waals surface area contributed by atoms with E-state index in [1.165, 1.54) is 4.90 Å². The highest BCUT2D eigenvalue weighted by Gasteiger charge is 2.10. The molecule has 0 fully saturated rings. The van der Waals surface area contributed by atoms with E-state index in [0.717, 1.165) is 11.0 Å². The van der Waals surface area contributed by atoms with Crippen molar-refractivity contribution in [3.8, 4) is 5.75 Å². The zero-order valence-electron chi connectivity index (χ0n) is 11.2. The SMILES string of the molecule is CCN(C)C(=O)Oc1ccc2c(c1)ncn2CCN. The number of carbonyl (C=O) groups excluding carboxylic acids is 1. The van der Waals surface area contributed by atoms with Crippen LogP contribution in [0, 0.1) is 0 Å². The van der Waals surface area contributed by atoms with E-state index in [1.807, 2.05) is 17.6 Å². The molecule has 0 saturated heterocycles. The van der Waals surface area contributed by atoms with Gasteiger partial charge in [0.2, 0.25) is 0 Å². The van der Waals surface area contributed by atoms with Crippen molar-refractivity contribution in [1.29, 1.82) is 0 Å². The summed E-state index contributed by atoms with van der Waals surface area (Å²) in [7, 11) is 1.69. The van der Waals surface area contributed by atoms with Gasteiger partial charge in [0.25, 0.3) is 0 Å². The third-order valence-electron chi connectivity index (χ3n) is 2.95. The Morgan fingerprint density at radius 1 is 1.53 bits per heavy atom. The lowest BCUT2D eigenvalue weighted by atomic mass is 10.3. The highest BCUT2D eigenvalue weighted by Crippen LogP contribution is 2.20. The molecule has 0 radical (unpaired) electrons. The van der Waals surface area contributed by atoms with Crippen LogP contribution in [0.4, 0.5) is 4.79 Å². The van der Waals surface area contributed by atoms with E-state index in [0.29, 0.717) is 25.4 Å². The Bertz CT molecular complexity index is 579. The maximum atomic E-state index is 11.6. The number of aromatic nitrogens is 2. The Labute approximate surface area is 111 Å². The fraction of sp³-hybridized carbons (Fsp3) is 0.385. The number of rotatable bonds is 4. The van der Waals surface area contributed by atoms with Crippen LogP contribution in [0.25, 0.3) is 11.0 Å². The number of nitrogens with two attached hydrogens (primary N) is 1. The second kappa shape index (κ2) is 5.71. The number of hydrogen-bond acceptors (Lipinski definition) is 4. The summed E-state index contributed by atoms with van der Waals surface area (Å²) >= 11 is 0. The lowest BCUT2D eigenvalue weighted by Crippen LogP contribution is -2.29. The molecule has 0 unspecified atom stereocenters. The summed E-state index contributed by atoms with van der Waals surface area (Å²) < 4.78 is 7.23. The monoisotopic (exact) mass is 262 g/mol. The standard InChI is InChI=1S/C13H18N4O2/c1-3-16(2)13(18)19-10-4-5-12-11(8-10)15-9-17(12)7-6-14/h4-5,8-9H,3,6-7,14H2,1-2H3. The van der Waals surface area contributed by atoms with Gasteiger partial charge in [-0.05, 0) is 19.1 Å². The largest absolute Gasteiger partial charge is 0.414 e. The van der Waals surface area contributed by atoms with Crippen molar-refractivity contribution in [3.05, 3.63) is 24.5 Å². The molecule has 0 spiro atoms. The molecule has 6 nitrogen and oxygen atoms in total. The summed E-state index contributed by atoms with van der Waals surface area (Å²) in [6.07, 6.45) is 1.37. The molecule has 1 aromatic heterocycles. The number of amides is 1. The van der Waals surface area contributed by atoms with Crippen LogP contribution in [0.15, 0.2) is 24.5 Å². The maximum absolute atomic E-state index is 11.6. The molecule has 1 amide bonds. The van der Waals surface area contributed by atoms with Gasteiger partial charge in [-0.1, -0.05) is 0 Å². The smallest absolute Gasteiger partial charge is 0.410 e. The first-order chi connectivity index (χ1) is 9.15. The normalized spacial score (nSPS) is 10.7. The van der Waals surface area contributed by atoms with Crippen molar-refractivity contribution < 1.29 is 9.53 Å². The van der Waals surface area contributed by atoms with Gasteiger partial charge >= 0.3 is 6.09 Å². The van der Waals surface area contributed by atoms with Gasteiger partial charge in [0, 0.05) is 32.7 Å². The van der Waals surface area contributed by atoms with Crippen LogP contribution in [0.2, 0.25) is 0 Å². The van der Waals surface area contributed by atoms with Gasteiger partial charge in [0.15, 0.2) is 0 Å². The van der Waals surface area contributed by atoms with Crippen LogP contribution in [0.3, 0.4) is 0 Å². The van der Waals surface area contributed by atoms with E-state index in [1.54, 1.807) is 25.5 Å². The van der Waals surface area contributed by atoms with Crippen LogP contribution >= 0.6 is 0 Å². The molecule has 1 heterocycles. The molecule has 6 heteroatoms. The number of benzene rings is 1. The molecule has 0 bridgehead atoms. The summed E-state index contributed by atoms with van der Waals surface area (Å²) in [5.74, 6) is 0.496. The molecule has 0 aliphatic rings. The van der Waals surface area contributed by atoms with E-state index in [4.69, 9.17) is 10.5 Å². The molecular formula is C13H18N4O2. The zero-order valence-corrected chi connectivity index (χ0v) is 11.2. The van der Waals surface area contributed by atoms with E-state index < -0.39 is 0 Å². The van der Waals surface area contributed by atoms with Gasteiger partial charge in [-0.2, -0.15) is 0 Å². The third kappa shape index (κ3) is 2.85. The Kier molecular flexibility index (Phi) is 4.01. The Morgan fingerprint density at radius 3 is 3.00 bits per heavy atom. The molecule has 2 rings (SSSR count). The summed E-state index contributed by atoms with van der Waals surface area (Å²) in [6.45, 7) is 3.77. The fourth-order valence-electron chi connectivity index (χ4n) is 1.73. The first-order valence-electron chi connectivity index (χ1n) is 6.23. The summed E-state index contributed by atoms with van der Waals surface area (Å²) in [6, 6.07) is 5.40. The molecule has 0 aliphatic carbocycles. The van der Waals surface area contributed by atoms with Gasteiger partial charge in [-0.25, -0.2) is 9.78 Å². The van der Waals surface area contributed by atoms with Gasteiger partial charge in [0.05, 0.1) is 17.4 Å². The third-order valence-corrected chi connectivity index (χ3v) is 2.95. The lowest BCUT2D eigenvalue weighted by Gasteiger charge is -2.14. The predicted octanol–water partition coefficient (Wildman–Crippen LogP) is 1.45. The number of fused-ring (bicyclic) bond motifs is 1. The summed E-state index contributed by atoms with van der Waals surface area (Å²) in [5, 5.41) is 0. The molecular weight excluding hydrogens is 244 g/mol. The molecule has 2 aromatic rings. The van der Waals surface area contributed by atoms with E-state index in [2.05, 4.69) is 4.98 Å². The Hall–Kier alpha value is -2.08. The van der Waals surface area contributed by atoms with Gasteiger partial charge in [-0.15, -0.1) is 0 Å². The minimum Gasteiger partial charge on any atom is -0.410 e. The topological polar surface area (TPSA) is 73.4 Å². The quantitative estimate of drug-likeness (QED) is 0.905. The van der Waals surface area contributed by atoms with Crippen molar-refractivity contribution >= 4 is 17.1 Å². The van der Waals surface area contributed by atoms with Crippen molar-refractivity contribution in [2.45, 2.75) is 13.5 Å². The predicted molar refractivity (Wildman–Crippen MR) is 73.1 cm³/mol. The highest BCUT2D eigenvalue weighted by atomic mass is 16.6. The molecule has 19 heavy (non-hydrogen) atoms. The van der Waals surface area contributed by atoms with Gasteiger partial charge < -0.3 is 19.9 Å². The van der Waals surface area contributed by atoms with Crippen molar-refractivity contribution in [2.24, 2.45) is 5.73 Å². The second-order valence-electron chi connectivity index (χ2n) is 4.26.